The number of carbonyl (C=O) groups excluding carboxylic acids is 1. The number of benzene rings is 2. The lowest BCUT2D eigenvalue weighted by Gasteiger charge is -2.06. The second-order valence-electron chi connectivity index (χ2n) is 4.82. The van der Waals surface area contributed by atoms with Gasteiger partial charge < -0.3 is 14.2 Å². The molecule has 0 saturated heterocycles. The quantitative estimate of drug-likeness (QED) is 0.251. The van der Waals surface area contributed by atoms with E-state index in [1.54, 1.807) is 12.1 Å². The molecule has 25 heavy (non-hydrogen) atoms. The number of esters is 1. The number of carbonyl (C=O) groups is 1. The van der Waals surface area contributed by atoms with Gasteiger partial charge in [-0.25, -0.2) is 4.79 Å². The third kappa shape index (κ3) is 4.81. The van der Waals surface area contributed by atoms with Crippen molar-refractivity contribution in [1.82, 2.24) is 0 Å². The summed E-state index contributed by atoms with van der Waals surface area (Å²) in [6.07, 6.45) is 2.72. The first-order valence-electron chi connectivity index (χ1n) is 7.49. The second kappa shape index (κ2) is 8.49. The summed E-state index contributed by atoms with van der Waals surface area (Å²) in [7, 11) is 1.39. The molecule has 0 fully saturated rings. The van der Waals surface area contributed by atoms with Gasteiger partial charge in [0.2, 0.25) is 5.75 Å². The highest BCUT2D eigenvalue weighted by Crippen LogP contribution is 2.31. The van der Waals surface area contributed by atoms with Crippen LogP contribution in [0.3, 0.4) is 0 Å². The maximum absolute atomic E-state index is 12.0. The van der Waals surface area contributed by atoms with E-state index in [9.17, 15) is 14.9 Å². The molecule has 0 spiro atoms. The molecule has 2 rings (SSSR count). The molecule has 0 amide bonds. The van der Waals surface area contributed by atoms with Crippen molar-refractivity contribution in [1.29, 1.82) is 0 Å². The molecule has 2 aromatic rings. The fraction of sp³-hybridized carbons (Fsp3) is 0.167. The van der Waals surface area contributed by atoms with Crippen molar-refractivity contribution < 1.29 is 23.9 Å². The number of para-hydroxylation sites is 1. The Kier molecular flexibility index (Phi) is 6.11. The Morgan fingerprint density at radius 2 is 1.96 bits per heavy atom. The number of nitro benzene ring substituents is 1. The van der Waals surface area contributed by atoms with Crippen LogP contribution in [0.5, 0.6) is 17.2 Å². The predicted octanol–water partition coefficient (Wildman–Crippen LogP) is 3.62. The lowest BCUT2D eigenvalue weighted by molar-refractivity contribution is -0.385. The second-order valence-corrected chi connectivity index (χ2v) is 4.82. The van der Waals surface area contributed by atoms with Gasteiger partial charge in [0, 0.05) is 11.6 Å². The van der Waals surface area contributed by atoms with Crippen LogP contribution in [0.15, 0.2) is 48.5 Å². The van der Waals surface area contributed by atoms with E-state index in [1.165, 1.54) is 37.5 Å². The third-order valence-corrected chi connectivity index (χ3v) is 3.19. The van der Waals surface area contributed by atoms with Crippen LogP contribution >= 0.6 is 0 Å². The van der Waals surface area contributed by atoms with E-state index in [0.29, 0.717) is 23.7 Å². The van der Waals surface area contributed by atoms with Crippen LogP contribution in [-0.2, 0) is 4.79 Å². The topological polar surface area (TPSA) is 87.9 Å². The highest BCUT2D eigenvalue weighted by Gasteiger charge is 2.18. The minimum atomic E-state index is -0.737. The molecule has 0 aromatic heterocycles. The Balaban J connectivity index is 2.17. The first-order valence-corrected chi connectivity index (χ1v) is 7.49. The van der Waals surface area contributed by atoms with Crippen molar-refractivity contribution in [3.63, 3.8) is 0 Å². The van der Waals surface area contributed by atoms with Crippen molar-refractivity contribution in [3.05, 3.63) is 64.2 Å². The smallest absolute Gasteiger partial charge is 0.336 e. The number of nitro groups is 1. The molecule has 0 heterocycles. The maximum Gasteiger partial charge on any atom is 0.336 e. The molecule has 0 N–H and O–H groups in total. The van der Waals surface area contributed by atoms with Crippen LogP contribution < -0.4 is 14.2 Å². The summed E-state index contributed by atoms with van der Waals surface area (Å²) in [5.41, 5.74) is 0.348. The normalized spacial score (nSPS) is 10.5. The van der Waals surface area contributed by atoms with Crippen LogP contribution in [0.4, 0.5) is 5.69 Å². The molecule has 0 saturated carbocycles. The Morgan fingerprint density at radius 3 is 2.64 bits per heavy atom. The highest BCUT2D eigenvalue weighted by molar-refractivity contribution is 5.89. The van der Waals surface area contributed by atoms with E-state index in [1.807, 2.05) is 19.1 Å². The summed E-state index contributed by atoms with van der Waals surface area (Å²) >= 11 is 0. The van der Waals surface area contributed by atoms with Crippen LogP contribution in [-0.4, -0.2) is 24.6 Å². The monoisotopic (exact) mass is 343 g/mol. The fourth-order valence-electron chi connectivity index (χ4n) is 2.06. The Morgan fingerprint density at radius 1 is 1.20 bits per heavy atom. The van der Waals surface area contributed by atoms with Crippen molar-refractivity contribution in [2.75, 3.05) is 13.7 Å². The zero-order valence-electron chi connectivity index (χ0n) is 13.8. The van der Waals surface area contributed by atoms with Gasteiger partial charge in [-0.1, -0.05) is 18.2 Å². The Hall–Kier alpha value is -3.35. The molecule has 7 nitrogen and oxygen atoms in total. The number of hydrogen-bond acceptors (Lipinski definition) is 6. The number of hydrogen-bond donors (Lipinski definition) is 0. The van der Waals surface area contributed by atoms with Crippen molar-refractivity contribution in [2.45, 2.75) is 6.92 Å². The summed E-state index contributed by atoms with van der Waals surface area (Å²) in [5, 5.41) is 11.1. The lowest BCUT2D eigenvalue weighted by atomic mass is 10.2. The molecular weight excluding hydrogens is 326 g/mol. The maximum atomic E-state index is 12.0. The van der Waals surface area contributed by atoms with E-state index in [0.717, 1.165) is 0 Å². The van der Waals surface area contributed by atoms with E-state index < -0.39 is 10.9 Å². The average molecular weight is 343 g/mol. The lowest BCUT2D eigenvalue weighted by Crippen LogP contribution is -2.06. The molecule has 130 valence electrons. The highest BCUT2D eigenvalue weighted by atomic mass is 16.6. The van der Waals surface area contributed by atoms with Gasteiger partial charge in [0.1, 0.15) is 11.5 Å². The minimum absolute atomic E-state index is 0.154. The first-order chi connectivity index (χ1) is 12.0. The van der Waals surface area contributed by atoms with Gasteiger partial charge in [0.05, 0.1) is 24.7 Å². The van der Waals surface area contributed by atoms with Gasteiger partial charge in [-0.2, -0.15) is 0 Å². The number of nitrogens with zero attached hydrogens (tertiary/aromatic N) is 1. The van der Waals surface area contributed by atoms with Crippen molar-refractivity contribution in [2.24, 2.45) is 0 Å². The molecular formula is C18H17NO6. The van der Waals surface area contributed by atoms with Crippen molar-refractivity contribution >= 4 is 17.7 Å². The Labute approximate surface area is 144 Å². The van der Waals surface area contributed by atoms with E-state index in [-0.39, 0.29) is 11.4 Å². The molecule has 0 aliphatic carbocycles. The number of methoxy groups -OCH3 is 1. The molecule has 0 atom stereocenters. The van der Waals surface area contributed by atoms with Crippen LogP contribution in [0.25, 0.3) is 6.08 Å². The zero-order valence-corrected chi connectivity index (χ0v) is 13.8. The molecule has 0 aliphatic rings. The van der Waals surface area contributed by atoms with E-state index in [2.05, 4.69) is 0 Å². The van der Waals surface area contributed by atoms with Crippen LogP contribution in [0.1, 0.15) is 12.5 Å². The van der Waals surface area contributed by atoms with Crippen LogP contribution in [0.2, 0.25) is 0 Å². The summed E-state index contributed by atoms with van der Waals surface area (Å²) in [6.45, 7) is 2.35. The zero-order chi connectivity index (χ0) is 18.2. The van der Waals surface area contributed by atoms with Gasteiger partial charge in [-0.3, -0.25) is 10.1 Å². The molecule has 7 heteroatoms. The standard InChI is InChI=1S/C18H17NO6/c1-3-24-16-7-5-4-6-13(16)8-11-18(20)25-17-10-9-14(23-2)12-15(17)19(21)22/h4-12H,3H2,1-2H3/b11-8+. The summed E-state index contributed by atoms with van der Waals surface area (Å²) in [6, 6.07) is 11.2. The van der Waals surface area contributed by atoms with Crippen molar-refractivity contribution in [3.8, 4) is 17.2 Å². The van der Waals surface area contributed by atoms with Gasteiger partial charge >= 0.3 is 11.7 Å². The van der Waals surface area contributed by atoms with E-state index in [4.69, 9.17) is 14.2 Å². The average Bonchev–Trinajstić information content (AvgIpc) is 2.61. The first kappa shape index (κ1) is 18.0. The molecule has 2 aromatic carbocycles. The number of ether oxygens (including phenoxy) is 3. The summed E-state index contributed by atoms with van der Waals surface area (Å²) in [5.74, 6) is 0.0373. The molecule has 0 unspecified atom stereocenters. The largest absolute Gasteiger partial charge is 0.496 e. The summed E-state index contributed by atoms with van der Waals surface area (Å²) < 4.78 is 15.5. The van der Waals surface area contributed by atoms with Gasteiger partial charge in [-0.05, 0) is 31.2 Å². The fourth-order valence-corrected chi connectivity index (χ4v) is 2.06. The Bertz CT molecular complexity index is 800. The van der Waals surface area contributed by atoms with E-state index >= 15 is 0 Å². The summed E-state index contributed by atoms with van der Waals surface area (Å²) in [4.78, 5) is 22.4. The molecule has 0 radical (unpaired) electrons. The van der Waals surface area contributed by atoms with Gasteiger partial charge in [0.15, 0.2) is 0 Å². The van der Waals surface area contributed by atoms with Gasteiger partial charge in [-0.15, -0.1) is 0 Å². The van der Waals surface area contributed by atoms with Crippen LogP contribution in [0, 0.1) is 10.1 Å². The van der Waals surface area contributed by atoms with Gasteiger partial charge in [0.25, 0.3) is 0 Å². The minimum Gasteiger partial charge on any atom is -0.496 e. The predicted molar refractivity (Wildman–Crippen MR) is 91.9 cm³/mol. The SMILES string of the molecule is CCOc1ccccc1/C=C/C(=O)Oc1ccc(OC)cc1[N+](=O)[O-]. The third-order valence-electron chi connectivity index (χ3n) is 3.19. The number of rotatable bonds is 7. The molecule has 0 bridgehead atoms. The molecule has 0 aliphatic heterocycles.